The van der Waals surface area contributed by atoms with Crippen LogP contribution in [0.4, 0.5) is 5.69 Å². The lowest BCUT2D eigenvalue weighted by atomic mass is 10.00. The molecule has 4 rings (SSSR count). The Balaban J connectivity index is 1.68. The Labute approximate surface area is 163 Å². The van der Waals surface area contributed by atoms with E-state index in [1.54, 1.807) is 13.4 Å². The number of benzene rings is 2. The maximum Gasteiger partial charge on any atom is 0.194 e. The predicted octanol–water partition coefficient (Wildman–Crippen LogP) is 4.84. The van der Waals surface area contributed by atoms with Crippen molar-refractivity contribution in [3.63, 3.8) is 0 Å². The average molecular weight is 377 g/mol. The van der Waals surface area contributed by atoms with E-state index in [1.807, 2.05) is 71.7 Å². The summed E-state index contributed by atoms with van der Waals surface area (Å²) in [5.41, 5.74) is 2.80. The lowest BCUT2D eigenvalue weighted by Gasteiger charge is -2.26. The van der Waals surface area contributed by atoms with Gasteiger partial charge in [0.15, 0.2) is 5.11 Å². The number of hydrazone groups is 1. The van der Waals surface area contributed by atoms with Crippen molar-refractivity contribution in [1.82, 2.24) is 5.01 Å². The maximum absolute atomic E-state index is 5.67. The average Bonchev–Trinajstić information content (AvgIpc) is 3.38. The van der Waals surface area contributed by atoms with Crippen LogP contribution in [0.5, 0.6) is 5.75 Å². The summed E-state index contributed by atoms with van der Waals surface area (Å²) < 4.78 is 11.1. The van der Waals surface area contributed by atoms with Crippen molar-refractivity contribution in [2.75, 3.05) is 12.4 Å². The first kappa shape index (κ1) is 17.3. The molecule has 1 atom stereocenters. The van der Waals surface area contributed by atoms with Gasteiger partial charge in [-0.3, -0.25) is 0 Å². The Hall–Kier alpha value is -3.12. The van der Waals surface area contributed by atoms with Crippen LogP contribution in [0, 0.1) is 0 Å². The minimum Gasteiger partial charge on any atom is -0.496 e. The molecule has 1 aliphatic heterocycles. The van der Waals surface area contributed by atoms with Crippen LogP contribution in [0.3, 0.4) is 0 Å². The highest BCUT2D eigenvalue weighted by Gasteiger charge is 2.34. The summed E-state index contributed by atoms with van der Waals surface area (Å²) in [4.78, 5) is 0. The number of nitrogens with zero attached hydrogens (tertiary/aromatic N) is 2. The highest BCUT2D eigenvalue weighted by molar-refractivity contribution is 7.80. The molecular formula is C21H19N3O2S. The molecule has 1 N–H and O–H groups in total. The first-order chi connectivity index (χ1) is 13.3. The number of hydrogen-bond donors (Lipinski definition) is 1. The molecule has 0 saturated heterocycles. The fourth-order valence-electron chi connectivity index (χ4n) is 3.18. The van der Waals surface area contributed by atoms with Crippen LogP contribution < -0.4 is 10.1 Å². The third kappa shape index (κ3) is 3.57. The third-order valence-corrected chi connectivity index (χ3v) is 4.74. The van der Waals surface area contributed by atoms with Crippen LogP contribution in [-0.4, -0.2) is 22.9 Å². The topological polar surface area (TPSA) is 50.0 Å². The Morgan fingerprint density at radius 3 is 2.63 bits per heavy atom. The smallest absolute Gasteiger partial charge is 0.194 e. The fourth-order valence-corrected chi connectivity index (χ4v) is 3.46. The van der Waals surface area contributed by atoms with Gasteiger partial charge in [0, 0.05) is 17.7 Å². The molecule has 0 radical (unpaired) electrons. The van der Waals surface area contributed by atoms with Crippen LogP contribution in [0.25, 0.3) is 0 Å². The minimum atomic E-state index is -0.0787. The second kappa shape index (κ2) is 7.63. The van der Waals surface area contributed by atoms with E-state index in [0.717, 1.165) is 28.5 Å². The minimum absolute atomic E-state index is 0.0787. The summed E-state index contributed by atoms with van der Waals surface area (Å²) >= 11 is 5.67. The molecule has 0 fully saturated rings. The van der Waals surface area contributed by atoms with Crippen molar-refractivity contribution in [1.29, 1.82) is 0 Å². The predicted molar refractivity (Wildman–Crippen MR) is 110 cm³/mol. The molecule has 0 amide bonds. The number of rotatable bonds is 4. The molecule has 2 heterocycles. The van der Waals surface area contributed by atoms with Crippen LogP contribution in [0.2, 0.25) is 0 Å². The molecule has 0 aliphatic carbocycles. The lowest BCUT2D eigenvalue weighted by molar-refractivity contribution is 0.350. The number of furan rings is 1. The van der Waals surface area contributed by atoms with E-state index in [-0.39, 0.29) is 6.04 Å². The second-order valence-corrected chi connectivity index (χ2v) is 6.51. The van der Waals surface area contributed by atoms with Gasteiger partial charge in [-0.25, -0.2) is 5.01 Å². The highest BCUT2D eigenvalue weighted by Crippen LogP contribution is 2.37. The molecule has 0 bridgehead atoms. The maximum atomic E-state index is 5.67. The summed E-state index contributed by atoms with van der Waals surface area (Å²) in [6, 6.07) is 21.5. The summed E-state index contributed by atoms with van der Waals surface area (Å²) in [7, 11) is 1.67. The van der Waals surface area contributed by atoms with Gasteiger partial charge in [0.05, 0.1) is 19.4 Å². The van der Waals surface area contributed by atoms with Gasteiger partial charge >= 0.3 is 0 Å². The zero-order chi connectivity index (χ0) is 18.6. The van der Waals surface area contributed by atoms with E-state index >= 15 is 0 Å². The first-order valence-corrected chi connectivity index (χ1v) is 9.06. The zero-order valence-electron chi connectivity index (χ0n) is 14.8. The molecule has 5 nitrogen and oxygen atoms in total. The number of para-hydroxylation sites is 2. The number of hydrogen-bond acceptors (Lipinski definition) is 4. The van der Waals surface area contributed by atoms with E-state index < -0.39 is 0 Å². The van der Waals surface area contributed by atoms with Gasteiger partial charge in [0.2, 0.25) is 0 Å². The van der Waals surface area contributed by atoms with Crippen LogP contribution in [0.1, 0.15) is 23.8 Å². The van der Waals surface area contributed by atoms with Crippen molar-refractivity contribution in [3.05, 3.63) is 84.3 Å². The SMILES string of the molecule is COc1ccccc1[C@H]1CC(c2ccco2)=NN1C(=S)Nc1ccccc1. The van der Waals surface area contributed by atoms with Crippen molar-refractivity contribution >= 4 is 28.7 Å². The van der Waals surface area contributed by atoms with Gasteiger partial charge in [-0.2, -0.15) is 5.10 Å². The Bertz CT molecular complexity index is 955. The number of nitrogens with one attached hydrogen (secondary N) is 1. The third-order valence-electron chi connectivity index (χ3n) is 4.45. The van der Waals surface area contributed by atoms with Crippen molar-refractivity contribution in [3.8, 4) is 5.75 Å². The summed E-state index contributed by atoms with van der Waals surface area (Å²) in [6.07, 6.45) is 2.32. The first-order valence-electron chi connectivity index (χ1n) is 8.66. The number of anilines is 1. The monoisotopic (exact) mass is 377 g/mol. The highest BCUT2D eigenvalue weighted by atomic mass is 32.1. The van der Waals surface area contributed by atoms with E-state index in [2.05, 4.69) is 5.32 Å². The molecule has 0 spiro atoms. The fraction of sp³-hybridized carbons (Fsp3) is 0.143. The Kier molecular flexibility index (Phi) is 4.89. The largest absolute Gasteiger partial charge is 0.496 e. The van der Waals surface area contributed by atoms with E-state index in [4.69, 9.17) is 26.5 Å². The molecule has 27 heavy (non-hydrogen) atoms. The molecule has 1 aliphatic rings. The van der Waals surface area contributed by atoms with Gasteiger partial charge < -0.3 is 14.5 Å². The van der Waals surface area contributed by atoms with E-state index in [0.29, 0.717) is 11.5 Å². The molecule has 136 valence electrons. The van der Waals surface area contributed by atoms with Crippen LogP contribution in [0.15, 0.2) is 82.5 Å². The molecule has 0 unspecified atom stereocenters. The molecule has 0 saturated carbocycles. The molecule has 2 aromatic carbocycles. The lowest BCUT2D eigenvalue weighted by Crippen LogP contribution is -2.31. The Morgan fingerprint density at radius 2 is 1.89 bits per heavy atom. The molecule has 3 aromatic rings. The van der Waals surface area contributed by atoms with Gasteiger partial charge in [-0.15, -0.1) is 0 Å². The number of methoxy groups -OCH3 is 1. The van der Waals surface area contributed by atoms with Crippen LogP contribution >= 0.6 is 12.2 Å². The standard InChI is InChI=1S/C21H19N3O2S/c1-25-19-11-6-5-10-16(19)18-14-17(20-12-7-13-26-20)23-24(18)21(27)22-15-8-3-2-4-9-15/h2-13,18H,14H2,1H3,(H,22,27)/t18-/m1/s1. The molecule has 6 heteroatoms. The quantitative estimate of drug-likeness (QED) is 0.660. The van der Waals surface area contributed by atoms with Gasteiger partial charge in [0.25, 0.3) is 0 Å². The van der Waals surface area contributed by atoms with Crippen molar-refractivity contribution < 1.29 is 9.15 Å². The second-order valence-electron chi connectivity index (χ2n) is 6.13. The zero-order valence-corrected chi connectivity index (χ0v) is 15.6. The molecular weight excluding hydrogens is 358 g/mol. The summed E-state index contributed by atoms with van der Waals surface area (Å²) in [6.45, 7) is 0. The van der Waals surface area contributed by atoms with Crippen molar-refractivity contribution in [2.45, 2.75) is 12.5 Å². The van der Waals surface area contributed by atoms with Gasteiger partial charge in [0.1, 0.15) is 17.2 Å². The normalized spacial score (nSPS) is 16.1. The van der Waals surface area contributed by atoms with Crippen LogP contribution in [-0.2, 0) is 0 Å². The van der Waals surface area contributed by atoms with Gasteiger partial charge in [-0.1, -0.05) is 36.4 Å². The molecule has 1 aromatic heterocycles. The van der Waals surface area contributed by atoms with Gasteiger partial charge in [-0.05, 0) is 42.5 Å². The summed E-state index contributed by atoms with van der Waals surface area (Å²) in [5, 5.41) is 10.4. The Morgan fingerprint density at radius 1 is 1.11 bits per heavy atom. The van der Waals surface area contributed by atoms with Crippen molar-refractivity contribution in [2.24, 2.45) is 5.10 Å². The number of ether oxygens (including phenoxy) is 1. The number of thiocarbonyl (C=S) groups is 1. The van der Waals surface area contributed by atoms with E-state index in [1.165, 1.54) is 0 Å². The van der Waals surface area contributed by atoms with E-state index in [9.17, 15) is 0 Å². The summed E-state index contributed by atoms with van der Waals surface area (Å²) in [5.74, 6) is 1.56.